The van der Waals surface area contributed by atoms with Crippen molar-refractivity contribution < 1.29 is 0 Å². The summed E-state index contributed by atoms with van der Waals surface area (Å²) < 4.78 is 4.74. The van der Waals surface area contributed by atoms with Crippen molar-refractivity contribution in [3.05, 3.63) is 193 Å². The Labute approximate surface area is 333 Å². The predicted octanol–water partition coefficient (Wildman–Crippen LogP) is 14.0. The topological polar surface area (TPSA) is 43.1 Å². The molecule has 10 rings (SSSR count). The van der Waals surface area contributed by atoms with Crippen molar-refractivity contribution in [3.63, 3.8) is 0 Å². The largest absolute Gasteiger partial charge is 0.309 e. The molecule has 0 saturated heterocycles. The molecule has 3 aromatic heterocycles. The lowest BCUT2D eigenvalue weighted by atomic mass is 9.92. The molecular formula is C50H36N4S2. The summed E-state index contributed by atoms with van der Waals surface area (Å²) in [6.07, 6.45) is 0.613. The Kier molecular flexibility index (Phi) is 8.70. The fourth-order valence-corrected chi connectivity index (χ4v) is 9.70. The second-order valence-electron chi connectivity index (χ2n) is 14.1. The number of rotatable bonds is 9. The second kappa shape index (κ2) is 14.3. The van der Waals surface area contributed by atoms with Crippen LogP contribution < -0.4 is 0 Å². The van der Waals surface area contributed by atoms with E-state index >= 15 is 0 Å². The molecule has 10 aromatic rings. The van der Waals surface area contributed by atoms with E-state index in [0.29, 0.717) is 6.42 Å². The van der Waals surface area contributed by atoms with Crippen molar-refractivity contribution in [2.75, 3.05) is 0 Å². The van der Waals surface area contributed by atoms with Crippen molar-refractivity contribution in [3.8, 4) is 26.8 Å². The number of nitrogens with zero attached hydrogens (tertiary/aromatic N) is 4. The summed E-state index contributed by atoms with van der Waals surface area (Å²) in [5.74, 6) is 0. The van der Waals surface area contributed by atoms with E-state index in [-0.39, 0.29) is 6.04 Å². The number of fused-ring (bicyclic) bond motifs is 5. The van der Waals surface area contributed by atoms with Crippen molar-refractivity contribution in [2.24, 2.45) is 4.99 Å². The average molecular weight is 757 g/mol. The predicted molar refractivity (Wildman–Crippen MR) is 239 cm³/mol. The van der Waals surface area contributed by atoms with Gasteiger partial charge in [-0.15, -0.1) is 22.7 Å². The molecule has 3 heterocycles. The average Bonchev–Trinajstić information content (AvgIpc) is 3.98. The van der Waals surface area contributed by atoms with Gasteiger partial charge in [0.2, 0.25) is 0 Å². The van der Waals surface area contributed by atoms with E-state index in [1.807, 2.05) is 12.1 Å². The van der Waals surface area contributed by atoms with Gasteiger partial charge in [0.15, 0.2) is 0 Å². The third-order valence-electron chi connectivity index (χ3n) is 10.5. The first-order valence-corrected chi connectivity index (χ1v) is 20.4. The van der Waals surface area contributed by atoms with Gasteiger partial charge in [-0.2, -0.15) is 0 Å². The minimum absolute atomic E-state index is 0.227. The van der Waals surface area contributed by atoms with E-state index in [1.54, 1.807) is 22.7 Å². The number of thiazole rings is 2. The summed E-state index contributed by atoms with van der Waals surface area (Å²) >= 11 is 3.43. The summed E-state index contributed by atoms with van der Waals surface area (Å²) in [7, 11) is 0. The van der Waals surface area contributed by atoms with Crippen LogP contribution in [0.4, 0.5) is 0 Å². The maximum absolute atomic E-state index is 5.58. The number of hydrogen-bond donors (Lipinski definition) is 0. The highest BCUT2D eigenvalue weighted by atomic mass is 32.1. The zero-order valence-electron chi connectivity index (χ0n) is 30.8. The minimum Gasteiger partial charge on any atom is -0.309 e. The first-order chi connectivity index (χ1) is 27.6. The van der Waals surface area contributed by atoms with E-state index in [4.69, 9.17) is 21.5 Å². The fourth-order valence-electron chi connectivity index (χ4n) is 7.79. The lowest BCUT2D eigenvalue weighted by Crippen LogP contribution is -2.06. The van der Waals surface area contributed by atoms with Gasteiger partial charge in [-0.3, -0.25) is 4.99 Å². The summed E-state index contributed by atoms with van der Waals surface area (Å²) in [6, 6.07) is 59.7. The van der Waals surface area contributed by atoms with Crippen LogP contribution in [0.3, 0.4) is 0 Å². The van der Waals surface area contributed by atoms with Gasteiger partial charge < -0.3 is 4.57 Å². The Hall–Kier alpha value is -6.47. The Bertz CT molecular complexity index is 2940. The van der Waals surface area contributed by atoms with E-state index in [0.717, 1.165) is 65.8 Å². The Morgan fingerprint density at radius 2 is 1.18 bits per heavy atom. The lowest BCUT2D eigenvalue weighted by molar-refractivity contribution is 0.757. The number of aliphatic imine (C=N–C) groups is 1. The van der Waals surface area contributed by atoms with Gasteiger partial charge in [0.1, 0.15) is 10.0 Å². The lowest BCUT2D eigenvalue weighted by Gasteiger charge is -2.20. The smallest absolute Gasteiger partial charge is 0.124 e. The van der Waals surface area contributed by atoms with Crippen LogP contribution in [0.5, 0.6) is 0 Å². The maximum Gasteiger partial charge on any atom is 0.124 e. The van der Waals surface area contributed by atoms with Gasteiger partial charge in [0.05, 0.1) is 37.5 Å². The first kappa shape index (κ1) is 34.1. The number of aromatic nitrogens is 3. The van der Waals surface area contributed by atoms with Crippen LogP contribution in [0.2, 0.25) is 0 Å². The van der Waals surface area contributed by atoms with E-state index in [2.05, 4.69) is 169 Å². The van der Waals surface area contributed by atoms with Gasteiger partial charge in [-0.05, 0) is 90.7 Å². The van der Waals surface area contributed by atoms with E-state index < -0.39 is 0 Å². The van der Waals surface area contributed by atoms with E-state index in [9.17, 15) is 0 Å². The Morgan fingerprint density at radius 1 is 0.607 bits per heavy atom. The fraction of sp³-hybridized carbons (Fsp3) is 0.0600. The molecule has 0 radical (unpaired) electrons. The quantitative estimate of drug-likeness (QED) is 0.138. The molecule has 0 saturated carbocycles. The van der Waals surface area contributed by atoms with Crippen LogP contribution in [0, 0.1) is 0 Å². The zero-order chi connectivity index (χ0) is 37.6. The van der Waals surface area contributed by atoms with Gasteiger partial charge in [-0.1, -0.05) is 116 Å². The van der Waals surface area contributed by atoms with Gasteiger partial charge >= 0.3 is 0 Å². The highest BCUT2D eigenvalue weighted by Gasteiger charge is 2.23. The normalized spacial score (nSPS) is 12.6. The summed E-state index contributed by atoms with van der Waals surface area (Å²) in [5, 5.41) is 4.39. The third-order valence-corrected chi connectivity index (χ3v) is 12.7. The molecule has 0 amide bonds. The molecule has 1 atom stereocenters. The number of benzene rings is 7. The van der Waals surface area contributed by atoms with Crippen molar-refractivity contribution >= 4 is 76.2 Å². The van der Waals surface area contributed by atoms with Gasteiger partial charge in [-0.25, -0.2) is 9.97 Å². The SMILES string of the molecule is C=C(C[C@@H](N=C(C)c1ccccc1)c1cccc2c3ccccc3n(-c3ccccc3)c12)c1cc(-c2nc3ccccc3s2)cc(-c2nc3ccccc3s2)c1. The Balaban J connectivity index is 1.15. The summed E-state index contributed by atoms with van der Waals surface area (Å²) in [4.78, 5) is 15.7. The van der Waals surface area contributed by atoms with Crippen LogP contribution >= 0.6 is 22.7 Å². The number of hydrogen-bond acceptors (Lipinski definition) is 5. The summed E-state index contributed by atoms with van der Waals surface area (Å²) in [5.41, 5.74) is 12.9. The number of para-hydroxylation sites is 5. The molecule has 0 fully saturated rings. The molecule has 0 bridgehead atoms. The van der Waals surface area contributed by atoms with Crippen LogP contribution in [0.25, 0.3) is 74.6 Å². The monoisotopic (exact) mass is 756 g/mol. The third kappa shape index (κ3) is 6.23. The van der Waals surface area contributed by atoms with Crippen molar-refractivity contribution in [2.45, 2.75) is 19.4 Å². The Morgan fingerprint density at radius 3 is 1.84 bits per heavy atom. The molecular weight excluding hydrogens is 721 g/mol. The van der Waals surface area contributed by atoms with Crippen molar-refractivity contribution in [1.29, 1.82) is 0 Å². The maximum atomic E-state index is 5.58. The summed E-state index contributed by atoms with van der Waals surface area (Å²) in [6.45, 7) is 6.94. The molecule has 0 unspecified atom stereocenters. The zero-order valence-corrected chi connectivity index (χ0v) is 32.4. The molecule has 56 heavy (non-hydrogen) atoms. The highest BCUT2D eigenvalue weighted by molar-refractivity contribution is 7.22. The molecule has 0 aliphatic rings. The highest BCUT2D eigenvalue weighted by Crippen LogP contribution is 2.42. The molecule has 7 aromatic carbocycles. The van der Waals surface area contributed by atoms with Crippen LogP contribution in [-0.2, 0) is 0 Å². The molecule has 0 spiro atoms. The van der Waals surface area contributed by atoms with Gasteiger partial charge in [0, 0.05) is 38.9 Å². The van der Waals surface area contributed by atoms with Crippen LogP contribution in [0.15, 0.2) is 181 Å². The van der Waals surface area contributed by atoms with Crippen molar-refractivity contribution in [1.82, 2.24) is 14.5 Å². The molecule has 0 aliphatic carbocycles. The van der Waals surface area contributed by atoms with Gasteiger partial charge in [0.25, 0.3) is 0 Å². The molecule has 268 valence electrons. The van der Waals surface area contributed by atoms with E-state index in [1.165, 1.54) is 31.2 Å². The second-order valence-corrected chi connectivity index (χ2v) is 16.2. The standard InChI is InChI=1S/C50H36N4S2/c1-32(35-29-36(49-52-42-23-10-13-26-46(42)55-49)31-37(30-35)50-53-43-24-11-14-27-47(43)56-50)28-44(51-33(2)34-16-5-3-6-17-34)41-22-15-21-40-39-20-9-12-25-45(39)54(48(40)41)38-18-7-4-8-19-38/h3-27,29-31,44H,1,28H2,2H3/t44-/m1/s1. The first-order valence-electron chi connectivity index (χ1n) is 18.8. The van der Waals surface area contributed by atoms with Crippen LogP contribution in [-0.4, -0.2) is 20.2 Å². The molecule has 0 N–H and O–H groups in total. The molecule has 0 aliphatic heterocycles. The molecule has 4 nitrogen and oxygen atoms in total. The minimum atomic E-state index is -0.227. The van der Waals surface area contributed by atoms with Crippen LogP contribution in [0.1, 0.15) is 36.1 Å². The molecule has 6 heteroatoms.